The minimum Gasteiger partial charge on any atom is -0.496 e. The largest absolute Gasteiger partial charge is 0.496 e. The SMILES string of the molecule is COc1cc(CN2CCN(C)CC2)ccc1-c1ccc(C(=O)O)cc1. The molecule has 1 aliphatic heterocycles. The van der Waals surface area contributed by atoms with Gasteiger partial charge in [-0.2, -0.15) is 0 Å². The quantitative estimate of drug-likeness (QED) is 0.907. The van der Waals surface area contributed by atoms with E-state index in [1.807, 2.05) is 12.1 Å². The van der Waals surface area contributed by atoms with Crippen LogP contribution in [0.2, 0.25) is 0 Å². The summed E-state index contributed by atoms with van der Waals surface area (Å²) in [6, 6.07) is 13.1. The molecule has 1 N–H and O–H groups in total. The third-order valence-corrected chi connectivity index (χ3v) is 4.71. The average Bonchev–Trinajstić information content (AvgIpc) is 2.63. The minimum absolute atomic E-state index is 0.286. The number of benzene rings is 2. The highest BCUT2D eigenvalue weighted by molar-refractivity contribution is 5.88. The van der Waals surface area contributed by atoms with Crippen LogP contribution in [0, 0.1) is 0 Å². The summed E-state index contributed by atoms with van der Waals surface area (Å²) in [4.78, 5) is 15.8. The van der Waals surface area contributed by atoms with Gasteiger partial charge in [0.15, 0.2) is 0 Å². The zero-order valence-electron chi connectivity index (χ0n) is 14.7. The second-order valence-electron chi connectivity index (χ2n) is 6.50. The molecule has 0 bridgehead atoms. The van der Waals surface area contributed by atoms with Crippen molar-refractivity contribution in [3.8, 4) is 16.9 Å². The van der Waals surface area contributed by atoms with Crippen molar-refractivity contribution in [3.63, 3.8) is 0 Å². The van der Waals surface area contributed by atoms with Crippen molar-refractivity contribution in [2.75, 3.05) is 40.3 Å². The number of rotatable bonds is 5. The van der Waals surface area contributed by atoms with E-state index in [0.29, 0.717) is 0 Å². The van der Waals surface area contributed by atoms with Crippen LogP contribution in [-0.4, -0.2) is 61.2 Å². The number of carboxylic acids is 1. The van der Waals surface area contributed by atoms with E-state index in [4.69, 9.17) is 9.84 Å². The monoisotopic (exact) mass is 340 g/mol. The first kappa shape index (κ1) is 17.5. The molecule has 5 heteroatoms. The predicted octanol–water partition coefficient (Wildman–Crippen LogP) is 2.81. The molecule has 0 spiro atoms. The van der Waals surface area contributed by atoms with Gasteiger partial charge in [-0.15, -0.1) is 0 Å². The van der Waals surface area contributed by atoms with Crippen LogP contribution in [0.4, 0.5) is 0 Å². The molecular weight excluding hydrogens is 316 g/mol. The molecule has 0 atom stereocenters. The minimum atomic E-state index is -0.916. The molecule has 0 amide bonds. The van der Waals surface area contributed by atoms with Gasteiger partial charge in [0.05, 0.1) is 12.7 Å². The molecule has 0 aromatic heterocycles. The molecule has 2 aromatic carbocycles. The number of methoxy groups -OCH3 is 1. The zero-order chi connectivity index (χ0) is 17.8. The number of aromatic carboxylic acids is 1. The standard InChI is InChI=1S/C20H24N2O3/c1-21-9-11-22(12-10-21)14-15-3-8-18(19(13-15)25-2)16-4-6-17(7-5-16)20(23)24/h3-8,13H,9-12,14H2,1-2H3,(H,23,24). The first-order valence-corrected chi connectivity index (χ1v) is 8.48. The maximum atomic E-state index is 11.0. The number of carbonyl (C=O) groups is 1. The van der Waals surface area contributed by atoms with E-state index in [1.54, 1.807) is 19.2 Å². The Morgan fingerprint density at radius 2 is 1.76 bits per heavy atom. The number of ether oxygens (including phenoxy) is 1. The molecule has 2 aromatic rings. The number of piperazine rings is 1. The van der Waals surface area contributed by atoms with Crippen LogP contribution in [0.1, 0.15) is 15.9 Å². The fourth-order valence-electron chi connectivity index (χ4n) is 3.13. The summed E-state index contributed by atoms with van der Waals surface area (Å²) < 4.78 is 5.58. The molecule has 0 saturated carbocycles. The van der Waals surface area contributed by atoms with Crippen LogP contribution >= 0.6 is 0 Å². The number of likely N-dealkylation sites (N-methyl/N-ethyl adjacent to an activating group) is 1. The van der Waals surface area contributed by atoms with Crippen LogP contribution in [0.25, 0.3) is 11.1 Å². The second-order valence-corrected chi connectivity index (χ2v) is 6.50. The highest BCUT2D eigenvalue weighted by Gasteiger charge is 2.15. The number of hydrogen-bond donors (Lipinski definition) is 1. The van der Waals surface area contributed by atoms with E-state index in [1.165, 1.54) is 5.56 Å². The van der Waals surface area contributed by atoms with E-state index in [9.17, 15) is 4.79 Å². The second kappa shape index (κ2) is 7.68. The molecule has 132 valence electrons. The van der Waals surface area contributed by atoms with Crippen LogP contribution in [0.5, 0.6) is 5.75 Å². The average molecular weight is 340 g/mol. The Labute approximate surface area is 148 Å². The third-order valence-electron chi connectivity index (χ3n) is 4.71. The van der Waals surface area contributed by atoms with E-state index < -0.39 is 5.97 Å². The lowest BCUT2D eigenvalue weighted by Crippen LogP contribution is -2.43. The maximum absolute atomic E-state index is 11.0. The van der Waals surface area contributed by atoms with E-state index in [2.05, 4.69) is 35.0 Å². The van der Waals surface area contributed by atoms with Crippen molar-refractivity contribution in [1.29, 1.82) is 0 Å². The summed E-state index contributed by atoms with van der Waals surface area (Å²) in [5.41, 5.74) is 3.44. The summed E-state index contributed by atoms with van der Waals surface area (Å²) in [5.74, 6) is -0.101. The van der Waals surface area contributed by atoms with Crippen LogP contribution in [0.15, 0.2) is 42.5 Å². The van der Waals surface area contributed by atoms with E-state index in [-0.39, 0.29) is 5.56 Å². The Hall–Kier alpha value is -2.37. The molecule has 5 nitrogen and oxygen atoms in total. The van der Waals surface area contributed by atoms with Gasteiger partial charge in [0.25, 0.3) is 0 Å². The highest BCUT2D eigenvalue weighted by atomic mass is 16.5. The van der Waals surface area contributed by atoms with Crippen molar-refractivity contribution in [2.24, 2.45) is 0 Å². The summed E-state index contributed by atoms with van der Waals surface area (Å²) in [5, 5.41) is 9.02. The molecule has 1 fully saturated rings. The first-order chi connectivity index (χ1) is 12.1. The number of hydrogen-bond acceptors (Lipinski definition) is 4. The smallest absolute Gasteiger partial charge is 0.335 e. The van der Waals surface area contributed by atoms with Crippen molar-refractivity contribution in [1.82, 2.24) is 9.80 Å². The van der Waals surface area contributed by atoms with Gasteiger partial charge < -0.3 is 14.7 Å². The fraction of sp³-hybridized carbons (Fsp3) is 0.350. The zero-order valence-corrected chi connectivity index (χ0v) is 14.7. The molecule has 25 heavy (non-hydrogen) atoms. The molecule has 0 aliphatic carbocycles. The van der Waals surface area contributed by atoms with Crippen LogP contribution < -0.4 is 4.74 Å². The number of nitrogens with zero attached hydrogens (tertiary/aromatic N) is 2. The van der Waals surface area contributed by atoms with Crippen LogP contribution in [-0.2, 0) is 6.54 Å². The lowest BCUT2D eigenvalue weighted by Gasteiger charge is -2.32. The van der Waals surface area contributed by atoms with Crippen LogP contribution in [0.3, 0.4) is 0 Å². The highest BCUT2D eigenvalue weighted by Crippen LogP contribution is 2.31. The Morgan fingerprint density at radius 3 is 2.36 bits per heavy atom. The Morgan fingerprint density at radius 1 is 1.08 bits per heavy atom. The molecule has 1 aliphatic rings. The van der Waals surface area contributed by atoms with Gasteiger partial charge in [0.1, 0.15) is 5.75 Å². The van der Waals surface area contributed by atoms with Gasteiger partial charge in [-0.1, -0.05) is 24.3 Å². The Balaban J connectivity index is 1.78. The normalized spacial score (nSPS) is 15.9. The topological polar surface area (TPSA) is 53.0 Å². The van der Waals surface area contributed by atoms with Gasteiger partial charge in [-0.05, 0) is 36.4 Å². The molecule has 3 rings (SSSR count). The molecular formula is C20H24N2O3. The summed E-state index contributed by atoms with van der Waals surface area (Å²) in [6.45, 7) is 5.28. The molecule has 1 saturated heterocycles. The summed E-state index contributed by atoms with van der Waals surface area (Å²) in [7, 11) is 3.83. The van der Waals surface area contributed by atoms with Gasteiger partial charge >= 0.3 is 5.97 Å². The van der Waals surface area contributed by atoms with E-state index >= 15 is 0 Å². The summed E-state index contributed by atoms with van der Waals surface area (Å²) in [6.07, 6.45) is 0. The summed E-state index contributed by atoms with van der Waals surface area (Å²) >= 11 is 0. The Bertz CT molecular complexity index is 735. The third kappa shape index (κ3) is 4.18. The van der Waals surface area contributed by atoms with Gasteiger partial charge in [-0.3, -0.25) is 4.90 Å². The van der Waals surface area contributed by atoms with Crippen molar-refractivity contribution < 1.29 is 14.6 Å². The van der Waals surface area contributed by atoms with Crippen molar-refractivity contribution in [2.45, 2.75) is 6.54 Å². The fourth-order valence-corrected chi connectivity index (χ4v) is 3.13. The molecule has 1 heterocycles. The van der Waals surface area contributed by atoms with Gasteiger partial charge in [-0.25, -0.2) is 4.79 Å². The van der Waals surface area contributed by atoms with E-state index in [0.717, 1.165) is 49.6 Å². The van der Waals surface area contributed by atoms with Crippen molar-refractivity contribution in [3.05, 3.63) is 53.6 Å². The lowest BCUT2D eigenvalue weighted by molar-refractivity contribution is 0.0697. The molecule has 0 radical (unpaired) electrons. The Kier molecular flexibility index (Phi) is 5.36. The first-order valence-electron chi connectivity index (χ1n) is 8.48. The lowest BCUT2D eigenvalue weighted by atomic mass is 10.0. The predicted molar refractivity (Wildman–Crippen MR) is 98.2 cm³/mol. The molecule has 0 unspecified atom stereocenters. The maximum Gasteiger partial charge on any atom is 0.335 e. The van der Waals surface area contributed by atoms with Gasteiger partial charge in [0, 0.05) is 38.3 Å². The number of carboxylic acid groups (broad SMARTS) is 1. The van der Waals surface area contributed by atoms with Crippen molar-refractivity contribution >= 4 is 5.97 Å². The van der Waals surface area contributed by atoms with Gasteiger partial charge in [0.2, 0.25) is 0 Å².